The number of anilines is 2. The van der Waals surface area contributed by atoms with Gasteiger partial charge >= 0.3 is 0 Å². The van der Waals surface area contributed by atoms with E-state index in [1.54, 1.807) is 18.3 Å². The zero-order valence-corrected chi connectivity index (χ0v) is 17.8. The Morgan fingerprint density at radius 3 is 2.63 bits per heavy atom. The van der Waals surface area contributed by atoms with Gasteiger partial charge in [-0.3, -0.25) is 14.8 Å². The molecule has 1 fully saturated rings. The van der Waals surface area contributed by atoms with Crippen LogP contribution in [0.15, 0.2) is 48.7 Å². The average molecular weight is 445 g/mol. The highest BCUT2D eigenvalue weighted by Crippen LogP contribution is 2.23. The van der Waals surface area contributed by atoms with Gasteiger partial charge < -0.3 is 10.2 Å². The first-order valence-electron chi connectivity index (χ1n) is 9.73. The second-order valence-electron chi connectivity index (χ2n) is 7.19. The minimum atomic E-state index is 0.108. The smallest absolute Gasteiger partial charge is 0.227 e. The highest BCUT2D eigenvalue weighted by Gasteiger charge is 2.21. The molecule has 1 saturated heterocycles. The molecule has 9 heteroatoms. The number of halogens is 2. The fourth-order valence-electron chi connectivity index (χ4n) is 3.42. The van der Waals surface area contributed by atoms with Crippen molar-refractivity contribution >= 4 is 40.7 Å². The molecular weight excluding hydrogens is 423 g/mol. The van der Waals surface area contributed by atoms with Gasteiger partial charge in [-0.05, 0) is 29.8 Å². The summed E-state index contributed by atoms with van der Waals surface area (Å²) in [5.74, 6) is 1.68. The number of piperazine rings is 1. The topological polar surface area (TPSA) is 77.2 Å². The molecule has 2 N–H and O–H groups in total. The number of aromatic amines is 1. The summed E-state index contributed by atoms with van der Waals surface area (Å²) in [6.07, 6.45) is 2.02. The molecule has 0 radical (unpaired) electrons. The van der Waals surface area contributed by atoms with Gasteiger partial charge in [0.25, 0.3) is 0 Å². The third-order valence-electron chi connectivity index (χ3n) is 5.02. The molecule has 4 rings (SSSR count). The summed E-state index contributed by atoms with van der Waals surface area (Å²) < 4.78 is 0. The zero-order valence-electron chi connectivity index (χ0n) is 16.3. The van der Waals surface area contributed by atoms with E-state index in [4.69, 9.17) is 23.2 Å². The molecule has 2 aromatic heterocycles. The van der Waals surface area contributed by atoms with Crippen LogP contribution in [0.25, 0.3) is 0 Å². The molecule has 1 aliphatic heterocycles. The zero-order chi connectivity index (χ0) is 20.9. The summed E-state index contributed by atoms with van der Waals surface area (Å²) in [6, 6.07) is 13.1. The number of nitrogens with zero attached hydrogens (tertiary/aromatic N) is 4. The van der Waals surface area contributed by atoms with Crippen LogP contribution in [0.4, 0.5) is 11.6 Å². The summed E-state index contributed by atoms with van der Waals surface area (Å²) in [6.45, 7) is 3.77. The van der Waals surface area contributed by atoms with Crippen molar-refractivity contribution in [2.24, 2.45) is 0 Å². The number of hydrogen-bond donors (Lipinski definition) is 2. The number of carbonyl (C=O) groups is 1. The summed E-state index contributed by atoms with van der Waals surface area (Å²) in [5.41, 5.74) is 1.86. The van der Waals surface area contributed by atoms with E-state index in [-0.39, 0.29) is 5.91 Å². The molecule has 0 atom stereocenters. The van der Waals surface area contributed by atoms with Gasteiger partial charge in [0, 0.05) is 38.8 Å². The Balaban J connectivity index is 1.28. The SMILES string of the molecule is O=C(Cc1ccc(Cl)c(Cl)c1)N1CCN(Cc2cccc(Nc3ccn[nH]3)n2)CC1. The summed E-state index contributed by atoms with van der Waals surface area (Å²) >= 11 is 12.0. The summed E-state index contributed by atoms with van der Waals surface area (Å²) in [7, 11) is 0. The van der Waals surface area contributed by atoms with Gasteiger partial charge in [-0.1, -0.05) is 35.3 Å². The van der Waals surface area contributed by atoms with Crippen molar-refractivity contribution in [2.45, 2.75) is 13.0 Å². The maximum absolute atomic E-state index is 12.6. The van der Waals surface area contributed by atoms with Crippen LogP contribution in [-0.2, 0) is 17.8 Å². The molecule has 0 saturated carbocycles. The van der Waals surface area contributed by atoms with Crippen LogP contribution in [0.3, 0.4) is 0 Å². The molecule has 0 spiro atoms. The first-order valence-corrected chi connectivity index (χ1v) is 10.5. The fourth-order valence-corrected chi connectivity index (χ4v) is 3.74. The molecule has 3 aromatic rings. The Kier molecular flexibility index (Phi) is 6.52. The van der Waals surface area contributed by atoms with Gasteiger partial charge in [-0.15, -0.1) is 0 Å². The highest BCUT2D eigenvalue weighted by molar-refractivity contribution is 6.42. The van der Waals surface area contributed by atoms with Crippen LogP contribution in [-0.4, -0.2) is 57.1 Å². The number of benzene rings is 1. The van der Waals surface area contributed by atoms with E-state index in [1.165, 1.54) is 0 Å². The lowest BCUT2D eigenvalue weighted by Gasteiger charge is -2.34. The second kappa shape index (κ2) is 9.47. The Labute approximate surface area is 185 Å². The number of aromatic nitrogens is 3. The quantitative estimate of drug-likeness (QED) is 0.605. The Morgan fingerprint density at radius 1 is 1.07 bits per heavy atom. The number of rotatable bonds is 6. The van der Waals surface area contributed by atoms with Gasteiger partial charge in [0.1, 0.15) is 11.6 Å². The van der Waals surface area contributed by atoms with E-state index < -0.39 is 0 Å². The lowest BCUT2D eigenvalue weighted by molar-refractivity contribution is -0.132. The molecular formula is C21H22Cl2N6O. The van der Waals surface area contributed by atoms with E-state index in [2.05, 4.69) is 25.4 Å². The number of amides is 1. The van der Waals surface area contributed by atoms with Crippen LogP contribution < -0.4 is 5.32 Å². The van der Waals surface area contributed by atoms with Gasteiger partial charge in [0.15, 0.2) is 0 Å². The highest BCUT2D eigenvalue weighted by atomic mass is 35.5. The first-order chi connectivity index (χ1) is 14.6. The van der Waals surface area contributed by atoms with Crippen LogP contribution in [0.1, 0.15) is 11.3 Å². The molecule has 7 nitrogen and oxygen atoms in total. The molecule has 1 aliphatic rings. The molecule has 30 heavy (non-hydrogen) atoms. The Bertz CT molecular complexity index is 1000. The van der Waals surface area contributed by atoms with Crippen molar-refractivity contribution in [2.75, 3.05) is 31.5 Å². The fraction of sp³-hybridized carbons (Fsp3) is 0.286. The third-order valence-corrected chi connectivity index (χ3v) is 5.76. The van der Waals surface area contributed by atoms with E-state index in [0.29, 0.717) is 29.6 Å². The number of H-pyrrole nitrogens is 1. The molecule has 1 aromatic carbocycles. The van der Waals surface area contributed by atoms with Crippen molar-refractivity contribution in [1.29, 1.82) is 0 Å². The molecule has 0 unspecified atom stereocenters. The van der Waals surface area contributed by atoms with Crippen molar-refractivity contribution < 1.29 is 4.79 Å². The van der Waals surface area contributed by atoms with Crippen molar-refractivity contribution in [3.63, 3.8) is 0 Å². The molecule has 156 valence electrons. The monoisotopic (exact) mass is 444 g/mol. The van der Waals surface area contributed by atoms with Crippen molar-refractivity contribution in [3.05, 3.63) is 70.0 Å². The average Bonchev–Trinajstić information content (AvgIpc) is 3.24. The summed E-state index contributed by atoms with van der Waals surface area (Å²) in [4.78, 5) is 21.5. The summed E-state index contributed by atoms with van der Waals surface area (Å²) in [5, 5.41) is 11.0. The largest absolute Gasteiger partial charge is 0.340 e. The van der Waals surface area contributed by atoms with Crippen LogP contribution in [0, 0.1) is 0 Å². The van der Waals surface area contributed by atoms with E-state index >= 15 is 0 Å². The molecule has 0 aliphatic carbocycles. The predicted molar refractivity (Wildman–Crippen MR) is 118 cm³/mol. The third kappa shape index (κ3) is 5.30. The van der Waals surface area contributed by atoms with Gasteiger partial charge in [0.05, 0.1) is 28.4 Å². The molecule has 3 heterocycles. The Morgan fingerprint density at radius 2 is 1.90 bits per heavy atom. The molecule has 1 amide bonds. The number of hydrogen-bond acceptors (Lipinski definition) is 5. The van der Waals surface area contributed by atoms with E-state index in [9.17, 15) is 4.79 Å². The normalized spacial score (nSPS) is 14.7. The van der Waals surface area contributed by atoms with Crippen LogP contribution >= 0.6 is 23.2 Å². The number of carbonyl (C=O) groups excluding carboxylic acids is 1. The molecule has 0 bridgehead atoms. The lowest BCUT2D eigenvalue weighted by Crippen LogP contribution is -2.48. The van der Waals surface area contributed by atoms with Gasteiger partial charge in [-0.2, -0.15) is 5.10 Å². The Hall–Kier alpha value is -2.61. The maximum Gasteiger partial charge on any atom is 0.227 e. The van der Waals surface area contributed by atoms with Crippen molar-refractivity contribution in [1.82, 2.24) is 25.0 Å². The minimum absolute atomic E-state index is 0.108. The number of pyridine rings is 1. The predicted octanol–water partition coefficient (Wildman–Crippen LogP) is 3.74. The van der Waals surface area contributed by atoms with Gasteiger partial charge in [-0.25, -0.2) is 4.98 Å². The van der Waals surface area contributed by atoms with E-state index in [1.807, 2.05) is 35.2 Å². The number of nitrogens with one attached hydrogen (secondary N) is 2. The van der Waals surface area contributed by atoms with Crippen LogP contribution in [0.2, 0.25) is 10.0 Å². The van der Waals surface area contributed by atoms with Crippen molar-refractivity contribution in [3.8, 4) is 0 Å². The van der Waals surface area contributed by atoms with E-state index in [0.717, 1.165) is 42.5 Å². The maximum atomic E-state index is 12.6. The minimum Gasteiger partial charge on any atom is -0.340 e. The first kappa shape index (κ1) is 20.7. The van der Waals surface area contributed by atoms with Gasteiger partial charge in [0.2, 0.25) is 5.91 Å². The van der Waals surface area contributed by atoms with Crippen LogP contribution in [0.5, 0.6) is 0 Å². The lowest BCUT2D eigenvalue weighted by atomic mass is 10.1. The standard InChI is InChI=1S/C21H22Cl2N6O/c22-17-5-4-15(12-18(17)23)13-21(30)29-10-8-28(9-11-29)14-16-2-1-3-19(25-16)26-20-6-7-24-27-20/h1-7,12H,8-11,13-14H2,(H2,24,25,26,27). The second-order valence-corrected chi connectivity index (χ2v) is 8.01.